The second-order valence-corrected chi connectivity index (χ2v) is 7.92. The quantitative estimate of drug-likeness (QED) is 0.723. The normalized spacial score (nSPS) is 18.0. The van der Waals surface area contributed by atoms with Crippen LogP contribution in [0, 0.1) is 6.92 Å². The number of carbonyl (C=O) groups is 1. The number of amides is 1. The summed E-state index contributed by atoms with van der Waals surface area (Å²) in [5.74, 6) is 0.297. The van der Waals surface area contributed by atoms with E-state index in [1.54, 1.807) is 4.90 Å². The van der Waals surface area contributed by atoms with E-state index in [1.807, 2.05) is 24.4 Å². The highest BCUT2D eigenvalue weighted by atomic mass is 32.1. The van der Waals surface area contributed by atoms with Gasteiger partial charge < -0.3 is 15.3 Å². The fourth-order valence-corrected chi connectivity index (χ4v) is 4.18. The number of aryl methyl sites for hydroxylation is 1. The molecule has 1 aromatic carbocycles. The highest BCUT2D eigenvalue weighted by molar-refractivity contribution is 7.17. The van der Waals surface area contributed by atoms with Crippen molar-refractivity contribution in [3.05, 3.63) is 52.5 Å². The molecule has 4 rings (SSSR count). The summed E-state index contributed by atoms with van der Waals surface area (Å²) in [4.78, 5) is 23.7. The summed E-state index contributed by atoms with van der Waals surface area (Å²) in [6, 6.07) is 10.2. The number of nitrogens with one attached hydrogen (secondary N) is 1. The van der Waals surface area contributed by atoms with Gasteiger partial charge in [0.2, 0.25) is 5.95 Å². The Kier molecular flexibility index (Phi) is 4.80. The van der Waals surface area contributed by atoms with Crippen molar-refractivity contribution < 1.29 is 9.90 Å². The number of hydrogen-bond donors (Lipinski definition) is 2. The summed E-state index contributed by atoms with van der Waals surface area (Å²) in [7, 11) is 0. The second kappa shape index (κ2) is 7.25. The number of β-amino-alcohol motifs (C(OH)–C–C–N with tert-alkyl or cyclic N) is 1. The molecule has 1 aliphatic heterocycles. The van der Waals surface area contributed by atoms with E-state index < -0.39 is 6.10 Å². The first-order valence-electron chi connectivity index (χ1n) is 9.07. The van der Waals surface area contributed by atoms with E-state index in [9.17, 15) is 9.90 Å². The molecule has 6 nitrogen and oxygen atoms in total. The molecule has 0 unspecified atom stereocenters. The lowest BCUT2D eigenvalue weighted by molar-refractivity contribution is 0.0761. The first-order chi connectivity index (χ1) is 13.0. The minimum Gasteiger partial charge on any atom is -0.391 e. The molecule has 2 atom stereocenters. The Morgan fingerprint density at radius 2 is 2.22 bits per heavy atom. The summed E-state index contributed by atoms with van der Waals surface area (Å²) < 4.78 is 0.787. The van der Waals surface area contributed by atoms with Crippen molar-refractivity contribution in [2.75, 3.05) is 18.4 Å². The summed E-state index contributed by atoms with van der Waals surface area (Å²) in [6.07, 6.45) is 0.161. The second-order valence-electron chi connectivity index (χ2n) is 7.00. The lowest BCUT2D eigenvalue weighted by Crippen LogP contribution is -2.30. The van der Waals surface area contributed by atoms with E-state index >= 15 is 0 Å². The molecule has 0 radical (unpaired) electrons. The monoisotopic (exact) mass is 382 g/mol. The molecule has 0 spiro atoms. The first kappa shape index (κ1) is 17.9. The number of aliphatic hydroxyl groups is 1. The molecule has 27 heavy (non-hydrogen) atoms. The summed E-state index contributed by atoms with van der Waals surface area (Å²) in [5, 5.41) is 15.0. The van der Waals surface area contributed by atoms with Crippen LogP contribution in [-0.4, -0.2) is 45.1 Å². The number of aliphatic hydroxyl groups excluding tert-OH is 1. The molecule has 1 aliphatic rings. The molecule has 2 N–H and O–H groups in total. The van der Waals surface area contributed by atoms with E-state index in [-0.39, 0.29) is 11.9 Å². The molecule has 0 saturated carbocycles. The standard InChI is InChI=1S/C20H22N4O2S/c1-12-4-3-5-14(10-12)13(2)21-20-22-16-7-9-27-18(16)17(23-20)19(26)24-8-6-15(25)11-24/h3-5,7,9-10,13,15,25H,6,8,11H2,1-2H3,(H,21,22,23)/t13-,15-/m0/s1. The molecule has 0 bridgehead atoms. The zero-order chi connectivity index (χ0) is 19.0. The third kappa shape index (κ3) is 3.65. The maximum absolute atomic E-state index is 13.0. The van der Waals surface area contributed by atoms with E-state index in [4.69, 9.17) is 0 Å². The van der Waals surface area contributed by atoms with Crippen LogP contribution in [0.15, 0.2) is 35.7 Å². The zero-order valence-electron chi connectivity index (χ0n) is 15.3. The number of aromatic nitrogens is 2. The summed E-state index contributed by atoms with van der Waals surface area (Å²) >= 11 is 1.47. The average molecular weight is 382 g/mol. The minimum atomic E-state index is -0.450. The lowest BCUT2D eigenvalue weighted by Gasteiger charge is -2.18. The number of benzene rings is 1. The van der Waals surface area contributed by atoms with Gasteiger partial charge in [0.15, 0.2) is 5.69 Å². The maximum Gasteiger partial charge on any atom is 0.274 e. The Bertz CT molecular complexity index is 987. The van der Waals surface area contributed by atoms with Gasteiger partial charge in [-0.05, 0) is 37.3 Å². The molecule has 1 saturated heterocycles. The Balaban J connectivity index is 1.65. The van der Waals surface area contributed by atoms with Gasteiger partial charge in [-0.2, -0.15) is 0 Å². The summed E-state index contributed by atoms with van der Waals surface area (Å²) in [5.41, 5.74) is 3.50. The van der Waals surface area contributed by atoms with Gasteiger partial charge >= 0.3 is 0 Å². The molecule has 0 aliphatic carbocycles. The smallest absolute Gasteiger partial charge is 0.274 e. The van der Waals surface area contributed by atoms with Crippen molar-refractivity contribution in [3.63, 3.8) is 0 Å². The fraction of sp³-hybridized carbons (Fsp3) is 0.350. The maximum atomic E-state index is 13.0. The molecule has 3 aromatic rings. The number of carbonyl (C=O) groups excluding carboxylic acids is 1. The molecule has 3 heterocycles. The topological polar surface area (TPSA) is 78.4 Å². The molecular formula is C20H22N4O2S. The van der Waals surface area contributed by atoms with Crippen LogP contribution in [0.4, 0.5) is 5.95 Å². The zero-order valence-corrected chi connectivity index (χ0v) is 16.2. The van der Waals surface area contributed by atoms with Gasteiger partial charge in [0.05, 0.1) is 22.4 Å². The van der Waals surface area contributed by atoms with E-state index in [2.05, 4.69) is 40.4 Å². The van der Waals surface area contributed by atoms with Crippen LogP contribution < -0.4 is 5.32 Å². The van der Waals surface area contributed by atoms with Crippen molar-refractivity contribution in [2.24, 2.45) is 0 Å². The highest BCUT2D eigenvalue weighted by Gasteiger charge is 2.28. The predicted octanol–water partition coefficient (Wildman–Crippen LogP) is 3.38. The van der Waals surface area contributed by atoms with Gasteiger partial charge in [0.25, 0.3) is 5.91 Å². The minimum absolute atomic E-state index is 0.0116. The molecule has 140 valence electrons. The van der Waals surface area contributed by atoms with Crippen molar-refractivity contribution in [1.29, 1.82) is 0 Å². The van der Waals surface area contributed by atoms with E-state index in [0.717, 1.165) is 15.8 Å². The molecule has 1 amide bonds. The Labute approximate surface area is 161 Å². The molecule has 1 fully saturated rings. The SMILES string of the molecule is Cc1cccc([C@H](C)Nc2nc(C(=O)N3CC[C@H](O)C3)c3sccc3n2)c1. The van der Waals surface area contributed by atoms with Gasteiger partial charge in [-0.25, -0.2) is 9.97 Å². The summed E-state index contributed by atoms with van der Waals surface area (Å²) in [6.45, 7) is 5.02. The molecule has 2 aromatic heterocycles. The van der Waals surface area contributed by atoms with Gasteiger partial charge in [-0.3, -0.25) is 4.79 Å². The third-order valence-electron chi connectivity index (χ3n) is 4.84. The number of rotatable bonds is 4. The van der Waals surface area contributed by atoms with Gasteiger partial charge in [-0.1, -0.05) is 29.8 Å². The van der Waals surface area contributed by atoms with E-state index in [1.165, 1.54) is 16.9 Å². The van der Waals surface area contributed by atoms with Crippen LogP contribution in [0.2, 0.25) is 0 Å². The van der Waals surface area contributed by atoms with Crippen LogP contribution in [0.3, 0.4) is 0 Å². The van der Waals surface area contributed by atoms with Crippen LogP contribution in [0.25, 0.3) is 10.2 Å². The number of likely N-dealkylation sites (tertiary alicyclic amines) is 1. The largest absolute Gasteiger partial charge is 0.391 e. The number of nitrogens with zero attached hydrogens (tertiary/aromatic N) is 3. The van der Waals surface area contributed by atoms with Crippen molar-refractivity contribution in [1.82, 2.24) is 14.9 Å². The Morgan fingerprint density at radius 3 is 2.96 bits per heavy atom. The van der Waals surface area contributed by atoms with Crippen molar-refractivity contribution >= 4 is 33.4 Å². The van der Waals surface area contributed by atoms with Crippen LogP contribution >= 0.6 is 11.3 Å². The van der Waals surface area contributed by atoms with Gasteiger partial charge in [0.1, 0.15) is 0 Å². The number of hydrogen-bond acceptors (Lipinski definition) is 6. The third-order valence-corrected chi connectivity index (χ3v) is 5.75. The molecular weight excluding hydrogens is 360 g/mol. The molecule has 7 heteroatoms. The number of thiophene rings is 1. The van der Waals surface area contributed by atoms with Crippen LogP contribution in [0.5, 0.6) is 0 Å². The van der Waals surface area contributed by atoms with Gasteiger partial charge in [-0.15, -0.1) is 11.3 Å². The lowest BCUT2D eigenvalue weighted by atomic mass is 10.1. The van der Waals surface area contributed by atoms with Crippen molar-refractivity contribution in [3.8, 4) is 0 Å². The highest BCUT2D eigenvalue weighted by Crippen LogP contribution is 2.27. The Hall–Kier alpha value is -2.51. The predicted molar refractivity (Wildman–Crippen MR) is 107 cm³/mol. The number of anilines is 1. The number of fused-ring (bicyclic) bond motifs is 1. The Morgan fingerprint density at radius 1 is 1.37 bits per heavy atom. The van der Waals surface area contributed by atoms with Gasteiger partial charge in [0, 0.05) is 13.1 Å². The fourth-order valence-electron chi connectivity index (χ4n) is 3.37. The van der Waals surface area contributed by atoms with Crippen LogP contribution in [-0.2, 0) is 0 Å². The average Bonchev–Trinajstić information content (AvgIpc) is 3.29. The first-order valence-corrected chi connectivity index (χ1v) is 9.95. The van der Waals surface area contributed by atoms with Crippen LogP contribution in [0.1, 0.15) is 41.0 Å². The van der Waals surface area contributed by atoms with E-state index in [0.29, 0.717) is 31.2 Å². The van der Waals surface area contributed by atoms with Crippen molar-refractivity contribution in [2.45, 2.75) is 32.4 Å².